The molecule has 0 heterocycles. The third-order valence-electron chi connectivity index (χ3n) is 2.80. The smallest absolute Gasteiger partial charge is 0.224 e. The molecule has 0 aliphatic heterocycles. The van der Waals surface area contributed by atoms with Crippen LogP contribution in [0.25, 0.3) is 0 Å². The minimum Gasteiger partial charge on any atom is -0.393 e. The van der Waals surface area contributed by atoms with E-state index in [0.29, 0.717) is 24.3 Å². The van der Waals surface area contributed by atoms with Gasteiger partial charge in [-0.3, -0.25) is 4.79 Å². The second-order valence-electron chi connectivity index (χ2n) is 4.47. The summed E-state index contributed by atoms with van der Waals surface area (Å²) in [7, 11) is 1.64. The highest BCUT2D eigenvalue weighted by Crippen LogP contribution is 2.11. The van der Waals surface area contributed by atoms with Crippen molar-refractivity contribution in [2.75, 3.05) is 12.4 Å². The van der Waals surface area contributed by atoms with Gasteiger partial charge in [0.05, 0.1) is 11.1 Å². The molecule has 0 fully saturated rings. The van der Waals surface area contributed by atoms with Crippen LogP contribution in [0.15, 0.2) is 24.3 Å². The summed E-state index contributed by atoms with van der Waals surface area (Å²) >= 11 is 4.85. The lowest BCUT2D eigenvalue weighted by molar-refractivity contribution is -0.116. The Morgan fingerprint density at radius 1 is 1.42 bits per heavy atom. The zero-order valence-corrected chi connectivity index (χ0v) is 12.1. The molecule has 0 saturated heterocycles. The number of hydrogen-bond acceptors (Lipinski definition) is 3. The first-order chi connectivity index (χ1) is 9.01. The number of anilines is 1. The van der Waals surface area contributed by atoms with E-state index in [4.69, 9.17) is 22.7 Å². The van der Waals surface area contributed by atoms with Crippen molar-refractivity contribution in [3.05, 3.63) is 29.8 Å². The molecular weight excluding hydrogens is 260 g/mol. The number of thiocarbonyl (C=S) groups is 1. The Kier molecular flexibility index (Phi) is 6.45. The molecule has 0 aliphatic carbocycles. The number of rotatable bonds is 7. The van der Waals surface area contributed by atoms with E-state index < -0.39 is 0 Å². The van der Waals surface area contributed by atoms with Gasteiger partial charge in [-0.1, -0.05) is 24.4 Å². The van der Waals surface area contributed by atoms with Crippen LogP contribution in [0.5, 0.6) is 0 Å². The number of ether oxygens (including phenoxy) is 1. The molecule has 1 aromatic carbocycles. The van der Waals surface area contributed by atoms with Gasteiger partial charge in [0.25, 0.3) is 0 Å². The quantitative estimate of drug-likeness (QED) is 0.752. The highest BCUT2D eigenvalue weighted by molar-refractivity contribution is 7.80. The minimum absolute atomic E-state index is 0.00834. The van der Waals surface area contributed by atoms with Gasteiger partial charge in [0.1, 0.15) is 0 Å². The summed E-state index contributed by atoms with van der Waals surface area (Å²) in [6.07, 6.45) is 1.83. The van der Waals surface area contributed by atoms with E-state index in [2.05, 4.69) is 5.32 Å². The molecule has 19 heavy (non-hydrogen) atoms. The Bertz CT molecular complexity index is 432. The van der Waals surface area contributed by atoms with E-state index in [1.54, 1.807) is 7.11 Å². The first kappa shape index (κ1) is 15.6. The molecule has 0 radical (unpaired) electrons. The van der Waals surface area contributed by atoms with Crippen LogP contribution in [0.2, 0.25) is 0 Å². The Hall–Kier alpha value is -1.46. The number of nitrogens with two attached hydrogens (primary N) is 1. The number of benzene rings is 1. The van der Waals surface area contributed by atoms with Crippen molar-refractivity contribution in [3.63, 3.8) is 0 Å². The summed E-state index contributed by atoms with van der Waals surface area (Å²) < 4.78 is 5.10. The van der Waals surface area contributed by atoms with E-state index in [1.165, 1.54) is 0 Å². The topological polar surface area (TPSA) is 64.3 Å². The molecule has 4 nitrogen and oxygen atoms in total. The molecule has 0 saturated carbocycles. The number of carbonyl (C=O) groups excluding carboxylic acids is 1. The third-order valence-corrected chi connectivity index (χ3v) is 2.94. The lowest BCUT2D eigenvalue weighted by Crippen LogP contribution is -2.15. The van der Waals surface area contributed by atoms with Crippen LogP contribution in [0.1, 0.15) is 25.3 Å². The van der Waals surface area contributed by atoms with Gasteiger partial charge in [-0.25, -0.2) is 0 Å². The van der Waals surface area contributed by atoms with Crippen LogP contribution in [0, 0.1) is 0 Å². The second kappa shape index (κ2) is 7.86. The maximum Gasteiger partial charge on any atom is 0.224 e. The van der Waals surface area contributed by atoms with Crippen molar-refractivity contribution >= 4 is 28.8 Å². The molecule has 1 rings (SSSR count). The van der Waals surface area contributed by atoms with Gasteiger partial charge in [0.2, 0.25) is 5.91 Å². The van der Waals surface area contributed by atoms with Gasteiger partial charge >= 0.3 is 0 Å². The van der Waals surface area contributed by atoms with Crippen molar-refractivity contribution in [2.45, 2.75) is 32.3 Å². The van der Waals surface area contributed by atoms with Gasteiger partial charge in [-0.2, -0.15) is 0 Å². The average molecular weight is 280 g/mol. The molecular formula is C14H20N2O2S. The van der Waals surface area contributed by atoms with Crippen molar-refractivity contribution in [1.29, 1.82) is 0 Å². The Morgan fingerprint density at radius 3 is 2.58 bits per heavy atom. The summed E-state index contributed by atoms with van der Waals surface area (Å²) in [4.78, 5) is 12.2. The molecule has 3 N–H and O–H groups in total. The highest BCUT2D eigenvalue weighted by atomic mass is 32.1. The first-order valence-electron chi connectivity index (χ1n) is 6.21. The van der Waals surface area contributed by atoms with Crippen LogP contribution in [0.3, 0.4) is 0 Å². The standard InChI is InChI=1S/C14H20N2O2S/c1-10(18-2)3-8-14(17)16-12-6-4-11(5-7-12)9-13(15)19/h4-7,10H,3,8-9H2,1-2H3,(H2,15,19)(H,16,17). The largest absolute Gasteiger partial charge is 0.393 e. The van der Waals surface area contributed by atoms with E-state index in [-0.39, 0.29) is 12.0 Å². The Morgan fingerprint density at radius 2 is 2.05 bits per heavy atom. The van der Waals surface area contributed by atoms with E-state index in [0.717, 1.165) is 11.3 Å². The highest BCUT2D eigenvalue weighted by Gasteiger charge is 2.06. The maximum absolute atomic E-state index is 11.7. The number of carbonyl (C=O) groups is 1. The number of nitrogens with one attached hydrogen (secondary N) is 1. The summed E-state index contributed by atoms with van der Waals surface area (Å²) in [5.41, 5.74) is 7.29. The summed E-state index contributed by atoms with van der Waals surface area (Å²) in [5.74, 6) is -0.00834. The average Bonchev–Trinajstić information content (AvgIpc) is 2.37. The molecule has 1 unspecified atom stereocenters. The van der Waals surface area contributed by atoms with Gasteiger partial charge in [0, 0.05) is 25.6 Å². The summed E-state index contributed by atoms with van der Waals surface area (Å²) in [5, 5.41) is 2.84. The number of methoxy groups -OCH3 is 1. The molecule has 0 aliphatic rings. The fourth-order valence-electron chi connectivity index (χ4n) is 1.58. The molecule has 0 bridgehead atoms. The van der Waals surface area contributed by atoms with Crippen LogP contribution in [-0.4, -0.2) is 24.1 Å². The van der Waals surface area contributed by atoms with Crippen LogP contribution in [-0.2, 0) is 16.0 Å². The predicted octanol–water partition coefficient (Wildman–Crippen LogP) is 2.27. The van der Waals surface area contributed by atoms with Crippen molar-refractivity contribution < 1.29 is 9.53 Å². The van der Waals surface area contributed by atoms with Crippen molar-refractivity contribution in [3.8, 4) is 0 Å². The SMILES string of the molecule is COC(C)CCC(=O)Nc1ccc(CC(N)=S)cc1. The van der Waals surface area contributed by atoms with Gasteiger partial charge in [-0.15, -0.1) is 0 Å². The lowest BCUT2D eigenvalue weighted by atomic mass is 10.1. The Balaban J connectivity index is 2.44. The third kappa shape index (κ3) is 6.31. The van der Waals surface area contributed by atoms with Gasteiger partial charge < -0.3 is 15.8 Å². The maximum atomic E-state index is 11.7. The molecule has 1 aromatic rings. The van der Waals surface area contributed by atoms with Crippen molar-refractivity contribution in [1.82, 2.24) is 0 Å². The minimum atomic E-state index is -0.00834. The molecule has 104 valence electrons. The number of hydrogen-bond donors (Lipinski definition) is 2. The van der Waals surface area contributed by atoms with Gasteiger partial charge in [-0.05, 0) is 31.0 Å². The van der Waals surface area contributed by atoms with Crippen LogP contribution >= 0.6 is 12.2 Å². The zero-order valence-electron chi connectivity index (χ0n) is 11.3. The molecule has 0 spiro atoms. The molecule has 1 amide bonds. The van der Waals surface area contributed by atoms with E-state index >= 15 is 0 Å². The fourth-order valence-corrected chi connectivity index (χ4v) is 1.75. The lowest BCUT2D eigenvalue weighted by Gasteiger charge is -2.09. The van der Waals surface area contributed by atoms with E-state index in [1.807, 2.05) is 31.2 Å². The van der Waals surface area contributed by atoms with Crippen LogP contribution < -0.4 is 11.1 Å². The summed E-state index contributed by atoms with van der Waals surface area (Å²) in [6, 6.07) is 7.52. The molecule has 0 aromatic heterocycles. The van der Waals surface area contributed by atoms with E-state index in [9.17, 15) is 4.79 Å². The summed E-state index contributed by atoms with van der Waals surface area (Å²) in [6.45, 7) is 1.94. The number of amides is 1. The predicted molar refractivity (Wildman–Crippen MR) is 81.3 cm³/mol. The second-order valence-corrected chi connectivity index (χ2v) is 5.00. The zero-order chi connectivity index (χ0) is 14.3. The molecule has 5 heteroatoms. The van der Waals surface area contributed by atoms with Crippen molar-refractivity contribution in [2.24, 2.45) is 5.73 Å². The first-order valence-corrected chi connectivity index (χ1v) is 6.62. The Labute approximate surface area is 119 Å². The fraction of sp³-hybridized carbons (Fsp3) is 0.429. The molecule has 1 atom stereocenters. The monoisotopic (exact) mass is 280 g/mol. The van der Waals surface area contributed by atoms with Gasteiger partial charge in [0.15, 0.2) is 0 Å². The normalized spacial score (nSPS) is 11.9. The van der Waals surface area contributed by atoms with Crippen LogP contribution in [0.4, 0.5) is 5.69 Å².